The van der Waals surface area contributed by atoms with Gasteiger partial charge in [0.15, 0.2) is 6.29 Å². The monoisotopic (exact) mass is 290 g/mol. The molecule has 0 radical (unpaired) electrons. The minimum Gasteiger partial charge on any atom is -0.377 e. The van der Waals surface area contributed by atoms with Crippen molar-refractivity contribution in [2.24, 2.45) is 0 Å². The van der Waals surface area contributed by atoms with Crippen molar-refractivity contribution in [1.82, 2.24) is 0 Å². The van der Waals surface area contributed by atoms with Crippen LogP contribution in [0.2, 0.25) is 6.04 Å². The van der Waals surface area contributed by atoms with Crippen molar-refractivity contribution in [1.29, 1.82) is 0 Å². The summed E-state index contributed by atoms with van der Waals surface area (Å²) in [5, 5.41) is 0. The summed E-state index contributed by atoms with van der Waals surface area (Å²) >= 11 is 0. The van der Waals surface area contributed by atoms with Crippen molar-refractivity contribution in [2.45, 2.75) is 57.8 Å². The molecule has 0 aromatic rings. The molecule has 1 unspecified atom stereocenters. The molecule has 4 nitrogen and oxygen atoms in total. The van der Waals surface area contributed by atoms with Gasteiger partial charge in [-0.3, -0.25) is 0 Å². The number of rotatable bonds is 13. The van der Waals surface area contributed by atoms with Crippen molar-refractivity contribution in [2.75, 3.05) is 21.3 Å². The van der Waals surface area contributed by atoms with Crippen LogP contribution in [-0.2, 0) is 18.0 Å². The molecular weight excluding hydrogens is 260 g/mol. The molecular formula is C14H30O4Si. The molecule has 0 aromatic carbocycles. The van der Waals surface area contributed by atoms with Crippen LogP contribution < -0.4 is 0 Å². The summed E-state index contributed by atoms with van der Waals surface area (Å²) in [5.41, 5.74) is 0. The summed E-state index contributed by atoms with van der Waals surface area (Å²) in [7, 11) is 2.25. The molecule has 114 valence electrons. The molecule has 0 aliphatic carbocycles. The van der Waals surface area contributed by atoms with Crippen molar-refractivity contribution in [3.05, 3.63) is 12.7 Å². The first kappa shape index (κ1) is 18.8. The average Bonchev–Trinajstić information content (AvgIpc) is 2.46. The van der Waals surface area contributed by atoms with E-state index >= 15 is 0 Å². The number of hydrogen-bond donors (Lipinski definition) is 0. The van der Waals surface area contributed by atoms with E-state index < -0.39 is 15.1 Å². The van der Waals surface area contributed by atoms with Gasteiger partial charge in [0.05, 0.1) is 0 Å². The van der Waals surface area contributed by atoms with Crippen molar-refractivity contribution < 1.29 is 18.0 Å². The molecule has 1 atom stereocenters. The van der Waals surface area contributed by atoms with Crippen LogP contribution >= 0.6 is 0 Å². The molecule has 19 heavy (non-hydrogen) atoms. The summed E-state index contributed by atoms with van der Waals surface area (Å²) < 4.78 is 22.0. The molecule has 0 bridgehead atoms. The van der Waals surface area contributed by atoms with Crippen LogP contribution in [0.15, 0.2) is 12.7 Å². The van der Waals surface area contributed by atoms with E-state index in [1.54, 1.807) is 27.4 Å². The highest BCUT2D eigenvalue weighted by atomic mass is 28.4. The second kappa shape index (κ2) is 11.6. The van der Waals surface area contributed by atoms with Gasteiger partial charge in [0.1, 0.15) is 0 Å². The van der Waals surface area contributed by atoms with Gasteiger partial charge in [-0.1, -0.05) is 45.6 Å². The molecule has 0 amide bonds. The van der Waals surface area contributed by atoms with E-state index in [4.69, 9.17) is 18.0 Å². The number of ether oxygens (including phenoxy) is 1. The summed E-state index contributed by atoms with van der Waals surface area (Å²) in [6.45, 7) is 5.90. The molecule has 0 saturated heterocycles. The SMILES string of the molecule is C=CC(OC)O[Si](CCCCCCCC)(OC)OC. The Morgan fingerprint density at radius 3 is 2.05 bits per heavy atom. The van der Waals surface area contributed by atoms with E-state index in [0.29, 0.717) is 0 Å². The van der Waals surface area contributed by atoms with E-state index in [0.717, 1.165) is 12.5 Å². The smallest absolute Gasteiger partial charge is 0.377 e. The van der Waals surface area contributed by atoms with Gasteiger partial charge in [0.2, 0.25) is 0 Å². The van der Waals surface area contributed by atoms with E-state index in [1.807, 2.05) is 0 Å². The molecule has 0 aliphatic rings. The maximum Gasteiger partial charge on any atom is 0.502 e. The minimum atomic E-state index is -2.61. The van der Waals surface area contributed by atoms with E-state index in [-0.39, 0.29) is 0 Å². The summed E-state index contributed by atoms with van der Waals surface area (Å²) in [5.74, 6) is 0. The lowest BCUT2D eigenvalue weighted by Crippen LogP contribution is -2.46. The lowest BCUT2D eigenvalue weighted by molar-refractivity contribution is -0.0639. The molecule has 0 saturated carbocycles. The van der Waals surface area contributed by atoms with Crippen molar-refractivity contribution >= 4 is 8.80 Å². The first-order valence-electron chi connectivity index (χ1n) is 7.11. The van der Waals surface area contributed by atoms with Crippen LogP contribution in [0.25, 0.3) is 0 Å². The lowest BCUT2D eigenvalue weighted by atomic mass is 10.1. The Balaban J connectivity index is 4.11. The first-order chi connectivity index (χ1) is 9.17. The van der Waals surface area contributed by atoms with Crippen LogP contribution in [0.3, 0.4) is 0 Å². The van der Waals surface area contributed by atoms with Gasteiger partial charge in [-0.05, 0) is 12.5 Å². The largest absolute Gasteiger partial charge is 0.502 e. The Morgan fingerprint density at radius 1 is 1.00 bits per heavy atom. The number of unbranched alkanes of at least 4 members (excludes halogenated alkanes) is 5. The molecule has 0 fully saturated rings. The third kappa shape index (κ3) is 7.84. The van der Waals surface area contributed by atoms with Gasteiger partial charge >= 0.3 is 8.80 Å². The topological polar surface area (TPSA) is 36.9 Å². The zero-order chi connectivity index (χ0) is 14.6. The summed E-state index contributed by atoms with van der Waals surface area (Å²) in [4.78, 5) is 0. The zero-order valence-corrected chi connectivity index (χ0v) is 13.9. The Kier molecular flexibility index (Phi) is 11.5. The zero-order valence-electron chi connectivity index (χ0n) is 12.9. The Hall–Kier alpha value is -0.203. The highest BCUT2D eigenvalue weighted by Gasteiger charge is 2.40. The Labute approximate surface area is 119 Å². The highest BCUT2D eigenvalue weighted by molar-refractivity contribution is 6.60. The van der Waals surface area contributed by atoms with Gasteiger partial charge < -0.3 is 18.0 Å². The molecule has 5 heteroatoms. The standard InChI is InChI=1S/C14H30O4Si/c1-6-8-9-10-11-12-13-19(16-4,17-5)18-14(7-2)15-3/h7,14H,2,6,8-13H2,1,3-5H3. The fraction of sp³-hybridized carbons (Fsp3) is 0.857. The van der Waals surface area contributed by atoms with E-state index in [1.165, 1.54) is 32.1 Å². The Bertz CT molecular complexity index is 219. The maximum absolute atomic E-state index is 5.82. The lowest BCUT2D eigenvalue weighted by Gasteiger charge is -2.29. The Morgan fingerprint density at radius 2 is 1.58 bits per heavy atom. The van der Waals surface area contributed by atoms with Gasteiger partial charge in [0.25, 0.3) is 0 Å². The van der Waals surface area contributed by atoms with Gasteiger partial charge in [-0.25, -0.2) is 0 Å². The van der Waals surface area contributed by atoms with Gasteiger partial charge in [-0.2, -0.15) is 0 Å². The third-order valence-corrected chi connectivity index (χ3v) is 5.98. The molecule has 0 aliphatic heterocycles. The molecule has 0 heterocycles. The second-order valence-electron chi connectivity index (χ2n) is 4.57. The number of hydrogen-bond acceptors (Lipinski definition) is 4. The van der Waals surface area contributed by atoms with Crippen molar-refractivity contribution in [3.63, 3.8) is 0 Å². The second-order valence-corrected chi connectivity index (χ2v) is 7.48. The fourth-order valence-electron chi connectivity index (χ4n) is 1.93. The fourth-order valence-corrected chi connectivity index (χ4v) is 4.05. The summed E-state index contributed by atoms with van der Waals surface area (Å²) in [6, 6.07) is 0.819. The van der Waals surface area contributed by atoms with Gasteiger partial charge in [0, 0.05) is 27.4 Å². The highest BCUT2D eigenvalue weighted by Crippen LogP contribution is 2.21. The van der Waals surface area contributed by atoms with Crippen LogP contribution in [0.1, 0.15) is 45.4 Å². The quantitative estimate of drug-likeness (QED) is 0.224. The van der Waals surface area contributed by atoms with Crippen LogP contribution in [0.4, 0.5) is 0 Å². The molecule has 0 aromatic heterocycles. The van der Waals surface area contributed by atoms with Crippen molar-refractivity contribution in [3.8, 4) is 0 Å². The van der Waals surface area contributed by atoms with Crippen LogP contribution in [0.5, 0.6) is 0 Å². The van der Waals surface area contributed by atoms with Gasteiger partial charge in [-0.15, -0.1) is 0 Å². The normalized spacial score (nSPS) is 13.5. The third-order valence-electron chi connectivity index (χ3n) is 3.18. The van der Waals surface area contributed by atoms with E-state index in [2.05, 4.69) is 13.5 Å². The minimum absolute atomic E-state index is 0.466. The molecule has 0 rings (SSSR count). The first-order valence-corrected chi connectivity index (χ1v) is 9.04. The van der Waals surface area contributed by atoms with Crippen LogP contribution in [0, 0.1) is 0 Å². The summed E-state index contributed by atoms with van der Waals surface area (Å²) in [6.07, 6.45) is 8.55. The maximum atomic E-state index is 5.82. The van der Waals surface area contributed by atoms with Crippen LogP contribution in [-0.4, -0.2) is 36.4 Å². The average molecular weight is 290 g/mol. The molecule has 0 spiro atoms. The predicted molar refractivity (Wildman–Crippen MR) is 80.0 cm³/mol. The molecule has 0 N–H and O–H groups in total. The number of methoxy groups -OCH3 is 1. The predicted octanol–water partition coefficient (Wildman–Crippen LogP) is 3.75. The van der Waals surface area contributed by atoms with E-state index in [9.17, 15) is 0 Å².